The Bertz CT molecular complexity index is 2230. The summed E-state index contributed by atoms with van der Waals surface area (Å²) in [4.78, 5) is 43.8. The number of carbonyl (C=O) groups is 3. The van der Waals surface area contributed by atoms with Crippen LogP contribution in [0.25, 0.3) is 0 Å². The average Bonchev–Trinajstić information content (AvgIpc) is 3.86. The lowest BCUT2D eigenvalue weighted by Crippen LogP contribution is -2.58. The number of anilines is 2. The monoisotopic (exact) mass is 857 g/mol. The number of amides is 4. The summed E-state index contributed by atoms with van der Waals surface area (Å²) in [5.74, 6) is -7.67. The highest BCUT2D eigenvalue weighted by molar-refractivity contribution is 7.88. The van der Waals surface area contributed by atoms with Gasteiger partial charge in [-0.05, 0) is 111 Å². The van der Waals surface area contributed by atoms with E-state index in [2.05, 4.69) is 14.8 Å². The number of likely N-dealkylation sites (N-methyl/N-ethyl adjacent to an activating group) is 2. The molecular weight excluding hydrogens is 822 g/mol. The molecule has 1 saturated carbocycles. The molecule has 1 aliphatic carbocycles. The third-order valence-electron chi connectivity index (χ3n) is 9.04. The van der Waals surface area contributed by atoms with Crippen LogP contribution in [0.5, 0.6) is 11.5 Å². The molecule has 4 aromatic rings. The van der Waals surface area contributed by atoms with Gasteiger partial charge in [-0.3, -0.25) is 9.59 Å². The van der Waals surface area contributed by atoms with Crippen LogP contribution in [0, 0.1) is 23.3 Å². The van der Waals surface area contributed by atoms with Gasteiger partial charge in [0.15, 0.2) is 0 Å². The van der Waals surface area contributed by atoms with Gasteiger partial charge in [0.25, 0.3) is 5.91 Å². The van der Waals surface area contributed by atoms with Gasteiger partial charge in [0, 0.05) is 42.5 Å². The van der Waals surface area contributed by atoms with Gasteiger partial charge in [0.1, 0.15) is 46.3 Å². The number of benzene rings is 4. The molecule has 21 heteroatoms. The second-order valence-corrected chi connectivity index (χ2v) is 14.5. The Hall–Kier alpha value is -5.96. The summed E-state index contributed by atoms with van der Waals surface area (Å²) in [6.45, 7) is -3.51. The molecule has 4 aromatic carbocycles. The number of halogens is 8. The highest BCUT2D eigenvalue weighted by Gasteiger charge is 2.63. The van der Waals surface area contributed by atoms with Crippen LogP contribution in [0.3, 0.4) is 0 Å². The number of urea groups is 1. The standard InChI is InChI=1S/C38H35F8N5O7S/c1-3-50(27-5-9-29(10-6-27)57-35(43)44)33(52)32(15-21-13-23(39)18-24(40)14-21)48-59(55,56)49-37(54)47-38(20-31(38)22-16-25(41)19-26(42)17-22)34(53)51(4-2)28-7-11-30(12-8-28)58-36(45)46/h5-14,16-19,31-32,35-36,48H,3-4,15,20H2,1-2H3,(H2,47,49,54)/t31?,32-,38?/m0/s1. The van der Waals surface area contributed by atoms with Gasteiger partial charge >= 0.3 is 29.5 Å². The van der Waals surface area contributed by atoms with Gasteiger partial charge in [-0.15, -0.1) is 0 Å². The average molecular weight is 858 g/mol. The SMILES string of the molecule is CCN(C(=O)[C@H](Cc1cc(F)cc(F)c1)NS(=O)(=O)NC(=O)NC1(C(=O)N(CC)c2ccc(OC(F)F)cc2)CC1c1cc(F)cc(F)c1)c1ccc(OC(F)F)cc1. The number of ether oxygens (including phenoxy) is 2. The highest BCUT2D eigenvalue weighted by Crippen LogP contribution is 2.53. The third-order valence-corrected chi connectivity index (χ3v) is 10.1. The van der Waals surface area contributed by atoms with E-state index in [1.807, 2.05) is 4.72 Å². The zero-order valence-corrected chi connectivity index (χ0v) is 31.7. The first kappa shape index (κ1) is 44.1. The first-order chi connectivity index (χ1) is 27.8. The molecule has 0 aliphatic heterocycles. The maximum absolute atomic E-state index is 14.3. The number of alkyl halides is 4. The normalized spacial score (nSPS) is 16.6. The summed E-state index contributed by atoms with van der Waals surface area (Å²) in [6, 6.07) is 10.6. The molecule has 2 unspecified atom stereocenters. The van der Waals surface area contributed by atoms with Gasteiger partial charge in [0.2, 0.25) is 5.91 Å². The molecule has 4 amide bonds. The second-order valence-electron chi connectivity index (χ2n) is 13.0. The van der Waals surface area contributed by atoms with Crippen LogP contribution in [-0.4, -0.2) is 64.2 Å². The minimum absolute atomic E-state index is 0.0738. The van der Waals surface area contributed by atoms with Crippen LogP contribution in [0.1, 0.15) is 37.3 Å². The zero-order valence-electron chi connectivity index (χ0n) is 30.9. The first-order valence-electron chi connectivity index (χ1n) is 17.6. The summed E-state index contributed by atoms with van der Waals surface area (Å²) < 4.78 is 147. The van der Waals surface area contributed by atoms with Crippen LogP contribution in [-0.2, 0) is 26.2 Å². The molecule has 0 bridgehead atoms. The number of nitrogens with one attached hydrogen (secondary N) is 3. The van der Waals surface area contributed by atoms with Crippen molar-refractivity contribution in [1.82, 2.24) is 14.8 Å². The van der Waals surface area contributed by atoms with Gasteiger partial charge < -0.3 is 24.6 Å². The molecule has 59 heavy (non-hydrogen) atoms. The molecule has 3 atom stereocenters. The van der Waals surface area contributed by atoms with Crippen molar-refractivity contribution in [3.05, 3.63) is 119 Å². The van der Waals surface area contributed by atoms with Crippen molar-refractivity contribution in [3.63, 3.8) is 0 Å². The van der Waals surface area contributed by atoms with Gasteiger partial charge in [0.05, 0.1) is 0 Å². The molecule has 0 saturated heterocycles. The van der Waals surface area contributed by atoms with E-state index in [4.69, 9.17) is 0 Å². The Morgan fingerprint density at radius 1 is 0.729 bits per heavy atom. The van der Waals surface area contributed by atoms with E-state index >= 15 is 0 Å². The van der Waals surface area contributed by atoms with Crippen molar-refractivity contribution in [2.75, 3.05) is 22.9 Å². The van der Waals surface area contributed by atoms with Crippen LogP contribution >= 0.6 is 0 Å². The van der Waals surface area contributed by atoms with E-state index < -0.39 is 88.5 Å². The number of hydrogen-bond donors (Lipinski definition) is 3. The van der Waals surface area contributed by atoms with Crippen molar-refractivity contribution in [1.29, 1.82) is 0 Å². The molecular formula is C38H35F8N5O7S. The van der Waals surface area contributed by atoms with E-state index in [1.54, 1.807) is 4.72 Å². The predicted molar refractivity (Wildman–Crippen MR) is 196 cm³/mol. The first-order valence-corrected chi connectivity index (χ1v) is 19.1. The van der Waals surface area contributed by atoms with Gasteiger partial charge in [-0.2, -0.15) is 30.7 Å². The molecule has 0 aromatic heterocycles. The van der Waals surface area contributed by atoms with Crippen LogP contribution in [0.4, 0.5) is 51.3 Å². The minimum Gasteiger partial charge on any atom is -0.435 e. The van der Waals surface area contributed by atoms with Crippen molar-refractivity contribution < 1.29 is 67.4 Å². The topological polar surface area (TPSA) is 146 Å². The summed E-state index contributed by atoms with van der Waals surface area (Å²) in [5.41, 5.74) is -2.11. The molecule has 3 N–H and O–H groups in total. The van der Waals surface area contributed by atoms with Gasteiger partial charge in [-0.1, -0.05) is 0 Å². The van der Waals surface area contributed by atoms with Crippen molar-refractivity contribution in [3.8, 4) is 11.5 Å². The lowest BCUT2D eigenvalue weighted by atomic mass is 10.0. The summed E-state index contributed by atoms with van der Waals surface area (Å²) in [6.07, 6.45) is -0.973. The Kier molecular flexibility index (Phi) is 13.7. The largest absolute Gasteiger partial charge is 0.435 e. The molecule has 316 valence electrons. The summed E-state index contributed by atoms with van der Waals surface area (Å²) >= 11 is 0. The lowest BCUT2D eigenvalue weighted by Gasteiger charge is -2.29. The van der Waals surface area contributed by atoms with Crippen LogP contribution in [0.2, 0.25) is 0 Å². The summed E-state index contributed by atoms with van der Waals surface area (Å²) in [5, 5.41) is 2.29. The maximum atomic E-state index is 14.3. The van der Waals surface area contributed by atoms with E-state index in [1.165, 1.54) is 38.1 Å². The van der Waals surface area contributed by atoms with Crippen LogP contribution < -0.4 is 34.0 Å². The molecule has 1 aliphatic rings. The second kappa shape index (κ2) is 18.3. The van der Waals surface area contributed by atoms with Crippen molar-refractivity contribution >= 4 is 39.4 Å². The van der Waals surface area contributed by atoms with E-state index in [0.29, 0.717) is 12.1 Å². The van der Waals surface area contributed by atoms with Crippen molar-refractivity contribution in [2.24, 2.45) is 0 Å². The lowest BCUT2D eigenvalue weighted by molar-refractivity contribution is -0.121. The molecule has 0 heterocycles. The number of hydrogen-bond acceptors (Lipinski definition) is 7. The molecule has 12 nitrogen and oxygen atoms in total. The Labute approximate surface area is 332 Å². The maximum Gasteiger partial charge on any atom is 0.387 e. The zero-order chi connectivity index (χ0) is 43.2. The van der Waals surface area contributed by atoms with Crippen molar-refractivity contribution in [2.45, 2.75) is 57.4 Å². The molecule has 5 rings (SSSR count). The quantitative estimate of drug-likeness (QED) is 0.103. The molecule has 0 radical (unpaired) electrons. The fourth-order valence-electron chi connectivity index (χ4n) is 6.53. The summed E-state index contributed by atoms with van der Waals surface area (Å²) in [7, 11) is -5.14. The Morgan fingerprint density at radius 3 is 1.64 bits per heavy atom. The van der Waals surface area contributed by atoms with E-state index in [0.717, 1.165) is 58.3 Å². The third kappa shape index (κ3) is 11.2. The predicted octanol–water partition coefficient (Wildman–Crippen LogP) is 6.52. The molecule has 1 fully saturated rings. The Morgan fingerprint density at radius 2 is 1.19 bits per heavy atom. The highest BCUT2D eigenvalue weighted by atomic mass is 32.2. The smallest absolute Gasteiger partial charge is 0.387 e. The van der Waals surface area contributed by atoms with E-state index in [-0.39, 0.29) is 53.5 Å². The van der Waals surface area contributed by atoms with Crippen LogP contribution in [0.15, 0.2) is 84.9 Å². The van der Waals surface area contributed by atoms with Gasteiger partial charge in [-0.25, -0.2) is 27.1 Å². The number of nitrogens with zero attached hydrogens (tertiary/aromatic N) is 2. The fraction of sp³-hybridized carbons (Fsp3) is 0.289. The number of carbonyl (C=O) groups excluding carboxylic acids is 3. The van der Waals surface area contributed by atoms with E-state index in [9.17, 15) is 57.9 Å². The number of rotatable bonds is 17. The minimum atomic E-state index is -5.14. The molecule has 0 spiro atoms. The Balaban J connectivity index is 1.43. The fourth-order valence-corrected chi connectivity index (χ4v) is 7.45.